The van der Waals surface area contributed by atoms with E-state index in [1.807, 2.05) is 46.8 Å². The Hall–Kier alpha value is -3.23. The number of ether oxygens (including phenoxy) is 2. The third-order valence-corrected chi connectivity index (χ3v) is 5.61. The van der Waals surface area contributed by atoms with Crippen molar-refractivity contribution >= 4 is 0 Å². The smallest absolute Gasteiger partial charge is 0.484 e. The molecule has 3 aromatic rings. The van der Waals surface area contributed by atoms with Crippen molar-refractivity contribution in [3.63, 3.8) is 0 Å². The van der Waals surface area contributed by atoms with Gasteiger partial charge in [-0.15, -0.1) is 13.2 Å². The van der Waals surface area contributed by atoms with E-state index in [0.717, 1.165) is 11.1 Å². The third kappa shape index (κ3) is 15.4. The first-order valence-electron chi connectivity index (χ1n) is 13.0. The van der Waals surface area contributed by atoms with Crippen LogP contribution >= 0.6 is 0 Å². The lowest BCUT2D eigenvalue weighted by Crippen LogP contribution is -2.19. The molecule has 0 spiro atoms. The Balaban J connectivity index is 0.000000312. The number of rotatable bonds is 4. The van der Waals surface area contributed by atoms with Crippen molar-refractivity contribution in [1.82, 2.24) is 0 Å². The van der Waals surface area contributed by atoms with Gasteiger partial charge < -0.3 is 9.47 Å². The zero-order valence-corrected chi connectivity index (χ0v) is 24.7. The minimum absolute atomic E-state index is 0.0727. The second kappa shape index (κ2) is 14.6. The van der Waals surface area contributed by atoms with Crippen LogP contribution in [-0.4, -0.2) is 19.1 Å². The highest BCUT2D eigenvalue weighted by molar-refractivity contribution is 5.31. The molecule has 0 aliphatic rings. The zero-order chi connectivity index (χ0) is 31.6. The van der Waals surface area contributed by atoms with Crippen molar-refractivity contribution in [1.29, 1.82) is 0 Å². The quantitative estimate of drug-likeness (QED) is 0.282. The van der Waals surface area contributed by atoms with Crippen LogP contribution < -0.4 is 9.47 Å². The summed E-state index contributed by atoms with van der Waals surface area (Å²) in [6.45, 7) is 15.1. The molecule has 3 aromatic carbocycles. The topological polar surface area (TPSA) is 18.5 Å². The summed E-state index contributed by atoms with van der Waals surface area (Å²) in [6, 6.07) is 19.3. The average Bonchev–Trinajstić information content (AvgIpc) is 2.82. The Labute approximate surface area is 238 Å². The molecule has 41 heavy (non-hydrogen) atoms. The first kappa shape index (κ1) is 35.8. The van der Waals surface area contributed by atoms with E-state index in [4.69, 9.17) is 0 Å². The highest BCUT2D eigenvalue weighted by Crippen LogP contribution is 2.27. The molecule has 0 aromatic heterocycles. The molecule has 0 saturated heterocycles. The molecule has 0 N–H and O–H groups in total. The Morgan fingerprint density at radius 1 is 0.585 bits per heavy atom. The summed E-state index contributed by atoms with van der Waals surface area (Å²) in [5.74, 6) is 0.256. The first-order chi connectivity index (χ1) is 18.6. The van der Waals surface area contributed by atoms with Gasteiger partial charge in [0.1, 0.15) is 17.3 Å². The van der Waals surface area contributed by atoms with Gasteiger partial charge in [0.25, 0.3) is 0 Å². The second-order valence-corrected chi connectivity index (χ2v) is 11.7. The van der Waals surface area contributed by atoms with Crippen LogP contribution in [0.4, 0.5) is 30.7 Å². The van der Waals surface area contributed by atoms with Gasteiger partial charge in [-0.2, -0.15) is 13.2 Å². The second-order valence-electron chi connectivity index (χ2n) is 11.7. The van der Waals surface area contributed by atoms with Crippen molar-refractivity contribution in [2.24, 2.45) is 0 Å². The van der Waals surface area contributed by atoms with Crippen molar-refractivity contribution in [2.45, 2.75) is 84.7 Å². The summed E-state index contributed by atoms with van der Waals surface area (Å²) in [4.78, 5) is 0. The lowest BCUT2D eigenvalue weighted by Gasteiger charge is -2.19. The van der Waals surface area contributed by atoms with Crippen molar-refractivity contribution in [3.8, 4) is 11.5 Å². The molecule has 0 fully saturated rings. The maximum absolute atomic E-state index is 12.5. The predicted octanol–water partition coefficient (Wildman–Crippen LogP) is 10.8. The van der Waals surface area contributed by atoms with Crippen LogP contribution in [0.5, 0.6) is 11.5 Å². The SMILES string of the molecule is CC(C)(C)c1ccc(F)cc1.CC(C)(C)c1ccc(OC(F)(F)F)cc1.CC(C)c1ccc(OCC(F)(F)F)cc1. The molecule has 0 amide bonds. The highest BCUT2D eigenvalue weighted by atomic mass is 19.4. The minimum atomic E-state index is -4.62. The minimum Gasteiger partial charge on any atom is -0.484 e. The van der Waals surface area contributed by atoms with Crippen molar-refractivity contribution in [2.75, 3.05) is 6.61 Å². The summed E-state index contributed by atoms with van der Waals surface area (Å²) in [5, 5.41) is 0. The molecule has 2 nitrogen and oxygen atoms in total. The van der Waals surface area contributed by atoms with Gasteiger partial charge >= 0.3 is 12.5 Å². The largest absolute Gasteiger partial charge is 0.573 e. The highest BCUT2D eigenvalue weighted by Gasteiger charge is 2.31. The maximum atomic E-state index is 12.5. The summed E-state index contributed by atoms with van der Waals surface area (Å²) in [7, 11) is 0. The maximum Gasteiger partial charge on any atom is 0.573 e. The van der Waals surface area contributed by atoms with E-state index in [9.17, 15) is 30.7 Å². The summed E-state index contributed by atoms with van der Waals surface area (Å²) < 4.78 is 91.9. The van der Waals surface area contributed by atoms with Gasteiger partial charge in [-0.3, -0.25) is 0 Å². The Morgan fingerprint density at radius 2 is 0.976 bits per heavy atom. The fraction of sp³-hybridized carbons (Fsp3) is 0.438. The Morgan fingerprint density at radius 3 is 1.32 bits per heavy atom. The molecule has 0 aliphatic carbocycles. The van der Waals surface area contributed by atoms with E-state index in [1.165, 1.54) is 29.8 Å². The van der Waals surface area contributed by atoms with E-state index >= 15 is 0 Å². The molecule has 0 saturated carbocycles. The van der Waals surface area contributed by atoms with Gasteiger partial charge in [-0.05, 0) is 69.8 Å². The number of halogens is 7. The summed E-state index contributed by atoms with van der Waals surface area (Å²) >= 11 is 0. The van der Waals surface area contributed by atoms with E-state index in [2.05, 4.69) is 30.2 Å². The Kier molecular flexibility index (Phi) is 12.7. The first-order valence-corrected chi connectivity index (χ1v) is 13.0. The molecule has 0 atom stereocenters. The van der Waals surface area contributed by atoms with E-state index in [0.29, 0.717) is 5.92 Å². The fourth-order valence-electron chi connectivity index (χ4n) is 3.22. The van der Waals surface area contributed by atoms with Crippen LogP contribution in [-0.2, 0) is 10.8 Å². The van der Waals surface area contributed by atoms with Crippen LogP contribution in [0.3, 0.4) is 0 Å². The summed E-state index contributed by atoms with van der Waals surface area (Å²) in [6.07, 6.45) is -8.90. The number of hydrogen-bond donors (Lipinski definition) is 0. The van der Waals surface area contributed by atoms with Crippen molar-refractivity contribution in [3.05, 3.63) is 95.3 Å². The number of benzene rings is 3. The molecular formula is C32H39F7O2. The van der Waals surface area contributed by atoms with E-state index in [-0.39, 0.29) is 28.1 Å². The summed E-state index contributed by atoms with van der Waals surface area (Å²) in [5.41, 5.74) is 3.26. The fourth-order valence-corrected chi connectivity index (χ4v) is 3.22. The monoisotopic (exact) mass is 588 g/mol. The molecule has 9 heteroatoms. The van der Waals surface area contributed by atoms with Crippen LogP contribution in [0.2, 0.25) is 0 Å². The molecule has 3 rings (SSSR count). The van der Waals surface area contributed by atoms with E-state index in [1.54, 1.807) is 36.4 Å². The molecule has 0 radical (unpaired) electrons. The van der Waals surface area contributed by atoms with Crippen molar-refractivity contribution < 1.29 is 40.2 Å². The molecule has 0 aliphatic heterocycles. The number of hydrogen-bond acceptors (Lipinski definition) is 2. The van der Waals surface area contributed by atoms with Crippen LogP contribution in [0.25, 0.3) is 0 Å². The number of alkyl halides is 6. The van der Waals surface area contributed by atoms with Gasteiger partial charge in [-0.1, -0.05) is 91.8 Å². The molecule has 0 unspecified atom stereocenters. The predicted molar refractivity (Wildman–Crippen MR) is 149 cm³/mol. The van der Waals surface area contributed by atoms with Crippen LogP contribution in [0.1, 0.15) is 78.0 Å². The molecule has 0 heterocycles. The lowest BCUT2D eigenvalue weighted by molar-refractivity contribution is -0.274. The van der Waals surface area contributed by atoms with Gasteiger partial charge in [-0.25, -0.2) is 4.39 Å². The molecular weight excluding hydrogens is 549 g/mol. The van der Waals surface area contributed by atoms with Crippen LogP contribution in [0.15, 0.2) is 72.8 Å². The molecule has 228 valence electrons. The zero-order valence-electron chi connectivity index (χ0n) is 24.7. The van der Waals surface area contributed by atoms with Gasteiger partial charge in [0.15, 0.2) is 6.61 Å². The normalized spacial score (nSPS) is 12.1. The standard InChI is InChI=1S/2C11H13F3O.C10H13F/c1-10(2,3)8-4-6-9(7-5-8)15-11(12,13)14;1-8(2)9-3-5-10(6-4-9)15-7-11(12,13)14;1-10(2,3)8-4-6-9(11)7-5-8/h4-7H,1-3H3;3-6,8H,7H2,1-2H3;4-7H,1-3H3. The lowest BCUT2D eigenvalue weighted by atomic mass is 9.87. The van der Waals surface area contributed by atoms with Gasteiger partial charge in [0.05, 0.1) is 0 Å². The average molecular weight is 589 g/mol. The Bertz CT molecular complexity index is 1150. The van der Waals surface area contributed by atoms with Gasteiger partial charge in [0, 0.05) is 0 Å². The van der Waals surface area contributed by atoms with E-state index < -0.39 is 19.1 Å². The van der Waals surface area contributed by atoms with Crippen LogP contribution in [0, 0.1) is 5.82 Å². The third-order valence-electron chi connectivity index (χ3n) is 5.61. The molecule has 0 bridgehead atoms. The van der Waals surface area contributed by atoms with Gasteiger partial charge in [0.2, 0.25) is 0 Å².